The smallest absolute Gasteiger partial charge is 0.269 e. The summed E-state index contributed by atoms with van der Waals surface area (Å²) in [6, 6.07) is 22.2. The molecule has 6 heteroatoms. The van der Waals surface area contributed by atoms with Crippen LogP contribution in [0, 0.1) is 10.1 Å². The van der Waals surface area contributed by atoms with Crippen molar-refractivity contribution in [2.45, 2.75) is 18.9 Å². The summed E-state index contributed by atoms with van der Waals surface area (Å²) in [7, 11) is 2.14. The van der Waals surface area contributed by atoms with Crippen LogP contribution in [0.4, 0.5) is 11.4 Å². The van der Waals surface area contributed by atoms with Gasteiger partial charge in [0.2, 0.25) is 0 Å². The van der Waals surface area contributed by atoms with Crippen molar-refractivity contribution in [3.63, 3.8) is 0 Å². The first-order chi connectivity index (χ1) is 14.5. The molecule has 1 unspecified atom stereocenters. The maximum atomic E-state index is 12.7. The van der Waals surface area contributed by atoms with Gasteiger partial charge in [-0.15, -0.1) is 0 Å². The number of nitrogens with one attached hydrogen (secondary N) is 1. The number of rotatable bonds is 5. The van der Waals surface area contributed by atoms with E-state index in [0.717, 1.165) is 30.6 Å². The summed E-state index contributed by atoms with van der Waals surface area (Å²) in [4.78, 5) is 25.4. The van der Waals surface area contributed by atoms with E-state index in [-0.39, 0.29) is 17.6 Å². The minimum atomic E-state index is -0.477. The average molecular weight is 401 g/mol. The Morgan fingerprint density at radius 2 is 1.77 bits per heavy atom. The molecule has 3 aromatic carbocycles. The molecule has 0 spiro atoms. The van der Waals surface area contributed by atoms with Crippen LogP contribution in [0.5, 0.6) is 0 Å². The van der Waals surface area contributed by atoms with E-state index >= 15 is 0 Å². The van der Waals surface area contributed by atoms with E-state index < -0.39 is 4.92 Å². The zero-order valence-corrected chi connectivity index (χ0v) is 16.7. The zero-order chi connectivity index (χ0) is 21.1. The molecule has 1 aliphatic heterocycles. The number of amides is 1. The second-order valence-corrected chi connectivity index (χ2v) is 7.56. The molecule has 0 saturated carbocycles. The normalized spacial score (nSPS) is 16.0. The predicted octanol–water partition coefficient (Wildman–Crippen LogP) is 4.62. The average Bonchev–Trinajstić information content (AvgIpc) is 2.77. The number of fused-ring (bicyclic) bond motifs is 1. The lowest BCUT2D eigenvalue weighted by atomic mass is 9.88. The Balaban J connectivity index is 1.56. The number of non-ortho nitro benzene ring substituents is 1. The third kappa shape index (κ3) is 4.09. The first kappa shape index (κ1) is 19.8. The topological polar surface area (TPSA) is 75.5 Å². The maximum absolute atomic E-state index is 12.7. The van der Waals surface area contributed by atoms with E-state index in [1.165, 1.54) is 35.4 Å². The molecule has 1 heterocycles. The Kier molecular flexibility index (Phi) is 5.59. The lowest BCUT2D eigenvalue weighted by Gasteiger charge is -2.35. The number of nitro benzene ring substituents is 1. The SMILES string of the molecule is CN1CCc2ccccc2C1Cc1ccccc1NC(=O)c1ccc([N+](=O)[O-])cc1. The molecule has 0 fully saturated rings. The molecule has 1 atom stereocenters. The lowest BCUT2D eigenvalue weighted by molar-refractivity contribution is -0.384. The molecule has 0 radical (unpaired) electrons. The van der Waals surface area contributed by atoms with Gasteiger partial charge in [0.1, 0.15) is 0 Å². The number of anilines is 1. The van der Waals surface area contributed by atoms with Crippen molar-refractivity contribution in [1.29, 1.82) is 0 Å². The monoisotopic (exact) mass is 401 g/mol. The fraction of sp³-hybridized carbons (Fsp3) is 0.208. The number of likely N-dealkylation sites (N-methyl/N-ethyl adjacent to an activating group) is 1. The van der Waals surface area contributed by atoms with Crippen LogP contribution >= 0.6 is 0 Å². The Morgan fingerprint density at radius 1 is 1.07 bits per heavy atom. The van der Waals surface area contributed by atoms with Crippen molar-refractivity contribution in [3.8, 4) is 0 Å². The molecule has 0 aliphatic carbocycles. The number of hydrogen-bond acceptors (Lipinski definition) is 4. The summed E-state index contributed by atoms with van der Waals surface area (Å²) in [6.07, 6.45) is 1.83. The number of nitro groups is 1. The zero-order valence-electron chi connectivity index (χ0n) is 16.7. The van der Waals surface area contributed by atoms with Crippen LogP contribution in [0.2, 0.25) is 0 Å². The van der Waals surface area contributed by atoms with Gasteiger partial charge in [0.05, 0.1) is 4.92 Å². The van der Waals surface area contributed by atoms with Gasteiger partial charge in [-0.3, -0.25) is 19.8 Å². The molecule has 0 bridgehead atoms. The Labute approximate surface area is 175 Å². The molecule has 1 amide bonds. The first-order valence-corrected chi connectivity index (χ1v) is 9.94. The van der Waals surface area contributed by atoms with Crippen LogP contribution in [-0.4, -0.2) is 29.3 Å². The maximum Gasteiger partial charge on any atom is 0.269 e. The number of carbonyl (C=O) groups is 1. The standard InChI is InChI=1S/C24H23N3O3/c1-26-15-14-17-6-2-4-8-21(17)23(26)16-19-7-3-5-9-22(19)25-24(28)18-10-12-20(13-11-18)27(29)30/h2-13,23H,14-16H2,1H3,(H,25,28). The number of para-hydroxylation sites is 1. The van der Waals surface area contributed by atoms with E-state index in [2.05, 4.69) is 41.5 Å². The summed E-state index contributed by atoms with van der Waals surface area (Å²) >= 11 is 0. The quantitative estimate of drug-likeness (QED) is 0.500. The van der Waals surface area contributed by atoms with Crippen molar-refractivity contribution in [2.24, 2.45) is 0 Å². The molecule has 0 saturated heterocycles. The second-order valence-electron chi connectivity index (χ2n) is 7.56. The van der Waals surface area contributed by atoms with E-state index in [1.807, 2.05) is 24.3 Å². The fourth-order valence-electron chi connectivity index (χ4n) is 4.00. The highest BCUT2D eigenvalue weighted by Crippen LogP contribution is 2.33. The summed E-state index contributed by atoms with van der Waals surface area (Å²) in [5.74, 6) is -0.283. The van der Waals surface area contributed by atoms with Gasteiger partial charge < -0.3 is 5.32 Å². The van der Waals surface area contributed by atoms with E-state index in [0.29, 0.717) is 5.56 Å². The number of hydrogen-bond donors (Lipinski definition) is 1. The minimum absolute atomic E-state index is 0.0362. The van der Waals surface area contributed by atoms with Gasteiger partial charge in [0, 0.05) is 36.0 Å². The number of nitrogens with zero attached hydrogens (tertiary/aromatic N) is 2. The van der Waals surface area contributed by atoms with Crippen LogP contribution in [0.15, 0.2) is 72.8 Å². The van der Waals surface area contributed by atoms with Crippen molar-refractivity contribution < 1.29 is 9.72 Å². The molecule has 4 rings (SSSR count). The van der Waals surface area contributed by atoms with Gasteiger partial charge >= 0.3 is 0 Å². The molecule has 6 nitrogen and oxygen atoms in total. The van der Waals surface area contributed by atoms with Crippen LogP contribution in [-0.2, 0) is 12.8 Å². The van der Waals surface area contributed by atoms with Gasteiger partial charge in [-0.25, -0.2) is 0 Å². The summed E-state index contributed by atoms with van der Waals surface area (Å²) in [5, 5.41) is 13.8. The molecule has 1 N–H and O–H groups in total. The highest BCUT2D eigenvalue weighted by atomic mass is 16.6. The van der Waals surface area contributed by atoms with Crippen LogP contribution in [0.1, 0.15) is 33.1 Å². The van der Waals surface area contributed by atoms with Crippen molar-refractivity contribution in [3.05, 3.63) is 105 Å². The fourth-order valence-corrected chi connectivity index (χ4v) is 4.00. The largest absolute Gasteiger partial charge is 0.322 e. The van der Waals surface area contributed by atoms with Gasteiger partial charge in [-0.2, -0.15) is 0 Å². The van der Waals surface area contributed by atoms with E-state index in [9.17, 15) is 14.9 Å². The molecule has 1 aliphatic rings. The molecule has 0 aromatic heterocycles. The third-order valence-electron chi connectivity index (χ3n) is 5.70. The van der Waals surface area contributed by atoms with Crippen molar-refractivity contribution in [2.75, 3.05) is 18.9 Å². The molecule has 152 valence electrons. The van der Waals surface area contributed by atoms with Crippen LogP contribution < -0.4 is 5.32 Å². The number of carbonyl (C=O) groups excluding carboxylic acids is 1. The van der Waals surface area contributed by atoms with Crippen LogP contribution in [0.3, 0.4) is 0 Å². The summed E-state index contributed by atoms with van der Waals surface area (Å²) in [6.45, 7) is 0.999. The van der Waals surface area contributed by atoms with Gasteiger partial charge in [-0.1, -0.05) is 42.5 Å². The first-order valence-electron chi connectivity index (χ1n) is 9.94. The Hall–Kier alpha value is -3.51. The Bertz CT molecular complexity index is 1080. The molecule has 3 aromatic rings. The van der Waals surface area contributed by atoms with Gasteiger partial charge in [0.25, 0.3) is 11.6 Å². The molecular weight excluding hydrogens is 378 g/mol. The van der Waals surface area contributed by atoms with Gasteiger partial charge in [-0.05, 0) is 54.8 Å². The second kappa shape index (κ2) is 8.47. The highest BCUT2D eigenvalue weighted by molar-refractivity contribution is 6.04. The molecule has 30 heavy (non-hydrogen) atoms. The van der Waals surface area contributed by atoms with E-state index in [4.69, 9.17) is 0 Å². The van der Waals surface area contributed by atoms with E-state index in [1.54, 1.807) is 0 Å². The summed E-state index contributed by atoms with van der Waals surface area (Å²) in [5.41, 5.74) is 4.89. The molecular formula is C24H23N3O3. The Morgan fingerprint density at radius 3 is 2.53 bits per heavy atom. The highest BCUT2D eigenvalue weighted by Gasteiger charge is 2.25. The predicted molar refractivity (Wildman–Crippen MR) is 117 cm³/mol. The van der Waals surface area contributed by atoms with Crippen molar-refractivity contribution >= 4 is 17.3 Å². The van der Waals surface area contributed by atoms with Crippen molar-refractivity contribution in [1.82, 2.24) is 4.90 Å². The summed E-state index contributed by atoms with van der Waals surface area (Å²) < 4.78 is 0. The minimum Gasteiger partial charge on any atom is -0.322 e. The van der Waals surface area contributed by atoms with Gasteiger partial charge in [0.15, 0.2) is 0 Å². The van der Waals surface area contributed by atoms with Crippen LogP contribution in [0.25, 0.3) is 0 Å². The lowest BCUT2D eigenvalue weighted by Crippen LogP contribution is -2.33. The third-order valence-corrected chi connectivity index (χ3v) is 5.70. The number of benzene rings is 3.